The molecule has 1 aromatic rings. The molecule has 130 valence electrons. The summed E-state index contributed by atoms with van der Waals surface area (Å²) in [5.74, 6) is 0.141. The summed E-state index contributed by atoms with van der Waals surface area (Å²) in [6.07, 6.45) is 3.82. The van der Waals surface area contributed by atoms with Crippen LogP contribution >= 0.6 is 0 Å². The van der Waals surface area contributed by atoms with E-state index in [4.69, 9.17) is 4.74 Å². The molecule has 3 N–H and O–H groups in total. The fourth-order valence-electron chi connectivity index (χ4n) is 3.23. The van der Waals surface area contributed by atoms with Gasteiger partial charge in [-0.15, -0.1) is 0 Å². The number of amides is 2. The number of anilines is 1. The first kappa shape index (κ1) is 16.9. The molecule has 1 aliphatic heterocycles. The molecule has 0 spiro atoms. The maximum absolute atomic E-state index is 12.2. The number of nitrogens with one attached hydrogen (secondary N) is 3. The van der Waals surface area contributed by atoms with Gasteiger partial charge in [-0.3, -0.25) is 9.59 Å². The van der Waals surface area contributed by atoms with Gasteiger partial charge < -0.3 is 20.7 Å². The van der Waals surface area contributed by atoms with Crippen molar-refractivity contribution in [3.05, 3.63) is 29.8 Å². The lowest BCUT2D eigenvalue weighted by atomic mass is 10.1. The molecular weight excluding hydrogens is 306 g/mol. The van der Waals surface area contributed by atoms with Crippen LogP contribution in [0.2, 0.25) is 0 Å². The molecule has 1 heterocycles. The molecule has 24 heavy (non-hydrogen) atoms. The Hall–Kier alpha value is -1.92. The summed E-state index contributed by atoms with van der Waals surface area (Å²) >= 11 is 0. The van der Waals surface area contributed by atoms with E-state index < -0.39 is 6.10 Å². The van der Waals surface area contributed by atoms with Crippen molar-refractivity contribution in [3.63, 3.8) is 0 Å². The van der Waals surface area contributed by atoms with Gasteiger partial charge in [-0.2, -0.15) is 0 Å². The second-order valence-electron chi connectivity index (χ2n) is 6.45. The zero-order valence-corrected chi connectivity index (χ0v) is 13.8. The number of rotatable bonds is 5. The van der Waals surface area contributed by atoms with E-state index in [1.807, 2.05) is 24.3 Å². The predicted octanol–water partition coefficient (Wildman–Crippen LogP) is 1.42. The quantitative estimate of drug-likeness (QED) is 0.762. The van der Waals surface area contributed by atoms with Crippen LogP contribution in [0.1, 0.15) is 31.2 Å². The van der Waals surface area contributed by atoms with Crippen LogP contribution in [0.15, 0.2) is 24.3 Å². The van der Waals surface area contributed by atoms with E-state index in [-0.39, 0.29) is 17.7 Å². The van der Waals surface area contributed by atoms with Gasteiger partial charge in [0.1, 0.15) is 6.10 Å². The molecule has 0 aromatic heterocycles. The van der Waals surface area contributed by atoms with Crippen molar-refractivity contribution in [2.24, 2.45) is 5.92 Å². The summed E-state index contributed by atoms with van der Waals surface area (Å²) in [5, 5.41) is 9.01. The average molecular weight is 331 g/mol. The number of carbonyl (C=O) groups excluding carboxylic acids is 2. The summed E-state index contributed by atoms with van der Waals surface area (Å²) in [7, 11) is 0. The van der Waals surface area contributed by atoms with E-state index in [1.165, 1.54) is 0 Å². The van der Waals surface area contributed by atoms with Crippen molar-refractivity contribution in [3.8, 4) is 0 Å². The molecule has 1 aromatic carbocycles. The van der Waals surface area contributed by atoms with Crippen LogP contribution in [0, 0.1) is 5.92 Å². The molecule has 3 rings (SSSR count). The summed E-state index contributed by atoms with van der Waals surface area (Å²) in [5.41, 5.74) is 1.74. The maximum Gasteiger partial charge on any atom is 0.250 e. The number of benzene rings is 1. The predicted molar refractivity (Wildman–Crippen MR) is 91.5 cm³/mol. The van der Waals surface area contributed by atoms with Crippen LogP contribution in [0.4, 0.5) is 5.69 Å². The number of morpholine rings is 1. The van der Waals surface area contributed by atoms with Gasteiger partial charge in [0, 0.05) is 31.2 Å². The molecule has 1 saturated carbocycles. The zero-order chi connectivity index (χ0) is 16.8. The first-order valence-electron chi connectivity index (χ1n) is 8.72. The molecule has 2 aliphatic rings. The van der Waals surface area contributed by atoms with E-state index >= 15 is 0 Å². The Morgan fingerprint density at radius 2 is 2.04 bits per heavy atom. The Bertz CT molecular complexity index is 579. The molecule has 1 saturated heterocycles. The van der Waals surface area contributed by atoms with Crippen LogP contribution in [-0.4, -0.2) is 37.6 Å². The molecule has 0 bridgehead atoms. The molecule has 6 nitrogen and oxygen atoms in total. The minimum atomic E-state index is -0.427. The van der Waals surface area contributed by atoms with Crippen molar-refractivity contribution < 1.29 is 14.3 Å². The van der Waals surface area contributed by atoms with Crippen molar-refractivity contribution in [1.29, 1.82) is 0 Å². The third kappa shape index (κ3) is 4.55. The smallest absolute Gasteiger partial charge is 0.250 e. The third-order valence-corrected chi connectivity index (χ3v) is 4.61. The van der Waals surface area contributed by atoms with Crippen molar-refractivity contribution in [2.75, 3.05) is 25.0 Å². The lowest BCUT2D eigenvalue weighted by Gasteiger charge is -2.22. The maximum atomic E-state index is 12.2. The number of hydrogen-bond donors (Lipinski definition) is 3. The highest BCUT2D eigenvalue weighted by atomic mass is 16.5. The fraction of sp³-hybridized carbons (Fsp3) is 0.556. The Balaban J connectivity index is 1.51. The van der Waals surface area contributed by atoms with Crippen LogP contribution < -0.4 is 16.0 Å². The molecule has 1 atom stereocenters. The summed E-state index contributed by atoms with van der Waals surface area (Å²) in [4.78, 5) is 24.3. The van der Waals surface area contributed by atoms with Gasteiger partial charge in [0.25, 0.3) is 5.91 Å². The van der Waals surface area contributed by atoms with Crippen molar-refractivity contribution >= 4 is 17.5 Å². The molecule has 1 aliphatic carbocycles. The van der Waals surface area contributed by atoms with Crippen LogP contribution in [0.3, 0.4) is 0 Å². The van der Waals surface area contributed by atoms with E-state index in [1.54, 1.807) is 0 Å². The van der Waals surface area contributed by atoms with E-state index in [0.717, 1.165) is 43.5 Å². The van der Waals surface area contributed by atoms with Crippen LogP contribution in [0.5, 0.6) is 0 Å². The Morgan fingerprint density at radius 3 is 2.79 bits per heavy atom. The molecule has 0 radical (unpaired) electrons. The summed E-state index contributed by atoms with van der Waals surface area (Å²) in [6, 6.07) is 7.62. The van der Waals surface area contributed by atoms with Crippen LogP contribution in [0.25, 0.3) is 0 Å². The largest absolute Gasteiger partial charge is 0.366 e. The van der Waals surface area contributed by atoms with Gasteiger partial charge in [0.15, 0.2) is 0 Å². The Kier molecular flexibility index (Phi) is 5.82. The SMILES string of the molecule is O=C(Nc1cccc(CNC(=O)C2CNCCO2)c1)C1CCCC1. The van der Waals surface area contributed by atoms with E-state index in [0.29, 0.717) is 19.7 Å². The third-order valence-electron chi connectivity index (χ3n) is 4.61. The summed E-state index contributed by atoms with van der Waals surface area (Å²) < 4.78 is 5.43. The zero-order valence-electron chi connectivity index (χ0n) is 13.8. The van der Waals surface area contributed by atoms with Gasteiger partial charge in [-0.05, 0) is 30.5 Å². The monoisotopic (exact) mass is 331 g/mol. The molecule has 1 unspecified atom stereocenters. The first-order valence-corrected chi connectivity index (χ1v) is 8.72. The topological polar surface area (TPSA) is 79.5 Å². The highest BCUT2D eigenvalue weighted by Crippen LogP contribution is 2.26. The lowest BCUT2D eigenvalue weighted by molar-refractivity contribution is -0.134. The Labute approximate surface area is 142 Å². The number of ether oxygens (including phenoxy) is 1. The Morgan fingerprint density at radius 1 is 1.21 bits per heavy atom. The summed E-state index contributed by atoms with van der Waals surface area (Å²) in [6.45, 7) is 2.31. The van der Waals surface area contributed by atoms with Gasteiger partial charge in [-0.25, -0.2) is 0 Å². The van der Waals surface area contributed by atoms with Gasteiger partial charge in [-0.1, -0.05) is 25.0 Å². The highest BCUT2D eigenvalue weighted by Gasteiger charge is 2.23. The minimum Gasteiger partial charge on any atom is -0.366 e. The second kappa shape index (κ2) is 8.26. The number of carbonyl (C=O) groups is 2. The highest BCUT2D eigenvalue weighted by molar-refractivity contribution is 5.92. The molecule has 2 fully saturated rings. The van der Waals surface area contributed by atoms with Gasteiger partial charge >= 0.3 is 0 Å². The van der Waals surface area contributed by atoms with Crippen molar-refractivity contribution in [1.82, 2.24) is 10.6 Å². The minimum absolute atomic E-state index is 0.107. The van der Waals surface area contributed by atoms with E-state index in [9.17, 15) is 9.59 Å². The average Bonchev–Trinajstić information content (AvgIpc) is 3.15. The lowest BCUT2D eigenvalue weighted by Crippen LogP contribution is -2.47. The van der Waals surface area contributed by atoms with Crippen molar-refractivity contribution in [2.45, 2.75) is 38.3 Å². The first-order chi connectivity index (χ1) is 11.7. The standard InChI is InChI=1S/C18H25N3O3/c22-17(14-5-1-2-6-14)21-15-7-3-4-13(10-15)11-20-18(23)16-12-19-8-9-24-16/h3-4,7,10,14,16,19H,1-2,5-6,8-9,11-12H2,(H,20,23)(H,21,22). The normalized spacial score (nSPS) is 21.4. The van der Waals surface area contributed by atoms with Gasteiger partial charge in [0.2, 0.25) is 5.91 Å². The second-order valence-corrected chi connectivity index (χ2v) is 6.45. The number of hydrogen-bond acceptors (Lipinski definition) is 4. The van der Waals surface area contributed by atoms with Gasteiger partial charge in [0.05, 0.1) is 6.61 Å². The molecule has 6 heteroatoms. The molecule has 2 amide bonds. The molecular formula is C18H25N3O3. The van der Waals surface area contributed by atoms with Crippen LogP contribution in [-0.2, 0) is 20.9 Å². The van der Waals surface area contributed by atoms with E-state index in [2.05, 4.69) is 16.0 Å². The fourth-order valence-corrected chi connectivity index (χ4v) is 3.23.